The van der Waals surface area contributed by atoms with E-state index in [1.165, 1.54) is 0 Å². The average Bonchev–Trinajstić information content (AvgIpc) is 2.89. The number of carbonyl (C=O) groups is 2. The van der Waals surface area contributed by atoms with Crippen LogP contribution in [-0.2, 0) is 9.53 Å². The molecule has 1 N–H and O–H groups in total. The van der Waals surface area contributed by atoms with Gasteiger partial charge in [-0.3, -0.25) is 9.69 Å². The van der Waals surface area contributed by atoms with Crippen LogP contribution >= 0.6 is 15.9 Å². The lowest BCUT2D eigenvalue weighted by Crippen LogP contribution is -2.52. The number of para-hydroxylation sites is 1. The van der Waals surface area contributed by atoms with E-state index in [9.17, 15) is 9.59 Å². The summed E-state index contributed by atoms with van der Waals surface area (Å²) in [6, 6.07) is 12.6. The van der Waals surface area contributed by atoms with Crippen LogP contribution in [0.4, 0.5) is 10.5 Å². The minimum Gasteiger partial charge on any atom is -0.455 e. The number of halogens is 1. The van der Waals surface area contributed by atoms with Crippen LogP contribution in [0.3, 0.4) is 0 Å². The monoisotopic (exact) mass is 472 g/mol. The molecule has 2 aliphatic rings. The molecule has 0 spiro atoms. The van der Waals surface area contributed by atoms with E-state index in [1.54, 1.807) is 4.90 Å². The van der Waals surface area contributed by atoms with Gasteiger partial charge in [0.15, 0.2) is 5.75 Å². The summed E-state index contributed by atoms with van der Waals surface area (Å²) in [6.07, 6.45) is 1.84. The lowest BCUT2D eigenvalue weighted by atomic mass is 9.89. The van der Waals surface area contributed by atoms with E-state index in [1.807, 2.05) is 56.3 Å². The Hall–Kier alpha value is -2.54. The van der Waals surface area contributed by atoms with Crippen LogP contribution in [0, 0.1) is 0 Å². The molecule has 4 rings (SSSR count). The summed E-state index contributed by atoms with van der Waals surface area (Å²) < 4.78 is 12.6. The molecule has 7 heteroatoms. The Bertz CT molecular complexity index is 960. The van der Waals surface area contributed by atoms with Crippen molar-refractivity contribution in [2.75, 3.05) is 4.90 Å². The molecule has 2 amide bonds. The number of hydrogen-bond acceptors (Lipinski definition) is 4. The van der Waals surface area contributed by atoms with Crippen molar-refractivity contribution < 1.29 is 19.1 Å². The van der Waals surface area contributed by atoms with Crippen molar-refractivity contribution in [3.8, 4) is 11.5 Å². The van der Waals surface area contributed by atoms with Crippen molar-refractivity contribution in [3.05, 3.63) is 52.5 Å². The third kappa shape index (κ3) is 3.90. The maximum Gasteiger partial charge on any atom is 0.407 e. The number of alkyl carbamates (subject to hydrolysis) is 1. The van der Waals surface area contributed by atoms with E-state index in [0.717, 1.165) is 22.9 Å². The quantitative estimate of drug-likeness (QED) is 0.618. The van der Waals surface area contributed by atoms with Crippen LogP contribution in [-0.4, -0.2) is 24.1 Å². The molecule has 0 radical (unpaired) electrons. The number of nitrogens with zero attached hydrogens (tertiary/aromatic N) is 1. The summed E-state index contributed by atoms with van der Waals surface area (Å²) in [7, 11) is 0. The predicted octanol–water partition coefficient (Wildman–Crippen LogP) is 5.71. The van der Waals surface area contributed by atoms with Crippen molar-refractivity contribution >= 4 is 33.6 Å². The molecule has 2 heterocycles. The zero-order valence-electron chi connectivity index (χ0n) is 17.1. The normalized spacial score (nSPS) is 19.9. The van der Waals surface area contributed by atoms with Gasteiger partial charge in [-0.2, -0.15) is 0 Å². The first-order chi connectivity index (χ1) is 14.5. The molecule has 2 aliphatic heterocycles. The SMILES string of the molecule is CCC(CC)OC(=O)N[C@H]1CCC(=O)N2c3cc(Br)ccc3Oc3ccccc3[C@@H]12. The number of rotatable bonds is 4. The highest BCUT2D eigenvalue weighted by atomic mass is 79.9. The summed E-state index contributed by atoms with van der Waals surface area (Å²) in [4.78, 5) is 27.5. The van der Waals surface area contributed by atoms with Gasteiger partial charge in [0.05, 0.1) is 17.8 Å². The summed E-state index contributed by atoms with van der Waals surface area (Å²) in [6.45, 7) is 3.99. The van der Waals surface area contributed by atoms with E-state index >= 15 is 0 Å². The van der Waals surface area contributed by atoms with E-state index in [2.05, 4.69) is 21.2 Å². The third-order valence-electron chi connectivity index (χ3n) is 5.72. The van der Waals surface area contributed by atoms with Crippen LogP contribution in [0.1, 0.15) is 51.1 Å². The molecule has 0 bridgehead atoms. The second-order valence-electron chi connectivity index (χ2n) is 7.59. The first kappa shape index (κ1) is 20.7. The number of piperidine rings is 1. The Morgan fingerprint density at radius 3 is 2.77 bits per heavy atom. The van der Waals surface area contributed by atoms with Crippen molar-refractivity contribution in [1.29, 1.82) is 0 Å². The summed E-state index contributed by atoms with van der Waals surface area (Å²) in [5.74, 6) is 1.30. The van der Waals surface area contributed by atoms with Crippen molar-refractivity contribution in [3.63, 3.8) is 0 Å². The molecule has 6 nitrogen and oxygen atoms in total. The lowest BCUT2D eigenvalue weighted by Gasteiger charge is -2.40. The molecule has 0 aromatic heterocycles. The first-order valence-electron chi connectivity index (χ1n) is 10.4. The van der Waals surface area contributed by atoms with Gasteiger partial charge < -0.3 is 14.8 Å². The van der Waals surface area contributed by atoms with Gasteiger partial charge >= 0.3 is 6.09 Å². The molecule has 0 unspecified atom stereocenters. The van der Waals surface area contributed by atoms with E-state index in [-0.39, 0.29) is 24.1 Å². The summed E-state index contributed by atoms with van der Waals surface area (Å²) in [5.41, 5.74) is 1.56. The average molecular weight is 473 g/mol. The topological polar surface area (TPSA) is 67.9 Å². The number of ether oxygens (including phenoxy) is 2. The second-order valence-corrected chi connectivity index (χ2v) is 8.51. The van der Waals surface area contributed by atoms with Crippen LogP contribution in [0.2, 0.25) is 0 Å². The number of benzene rings is 2. The molecule has 0 aliphatic carbocycles. The summed E-state index contributed by atoms with van der Waals surface area (Å²) in [5, 5.41) is 3.03. The first-order valence-corrected chi connectivity index (χ1v) is 11.2. The van der Waals surface area contributed by atoms with E-state index < -0.39 is 6.09 Å². The van der Waals surface area contributed by atoms with Crippen molar-refractivity contribution in [1.82, 2.24) is 5.32 Å². The number of amides is 2. The number of carbonyl (C=O) groups excluding carboxylic acids is 2. The van der Waals surface area contributed by atoms with Gasteiger partial charge in [-0.05, 0) is 43.5 Å². The standard InChI is InChI=1S/C23H25BrN2O4/c1-3-15(4-2)29-23(28)25-17-10-12-21(27)26-18-13-14(24)9-11-20(18)30-19-8-6-5-7-16(19)22(17)26/h5-9,11,13,15,17,22H,3-4,10,12H2,1-2H3,(H,25,28)/t17-,22-/m0/s1. The molecule has 30 heavy (non-hydrogen) atoms. The number of nitrogens with one attached hydrogen (secondary N) is 1. The molecular formula is C23H25BrN2O4. The molecule has 0 saturated carbocycles. The Morgan fingerprint density at radius 1 is 1.23 bits per heavy atom. The summed E-state index contributed by atoms with van der Waals surface area (Å²) >= 11 is 3.50. The smallest absolute Gasteiger partial charge is 0.407 e. The minimum atomic E-state index is -0.444. The molecule has 1 saturated heterocycles. The second kappa shape index (κ2) is 8.68. The Kier molecular flexibility index (Phi) is 5.99. The molecule has 2 aromatic rings. The van der Waals surface area contributed by atoms with Gasteiger partial charge in [-0.1, -0.05) is 48.0 Å². The molecule has 2 aromatic carbocycles. The molecule has 1 fully saturated rings. The third-order valence-corrected chi connectivity index (χ3v) is 6.22. The van der Waals surface area contributed by atoms with Crippen LogP contribution in [0.25, 0.3) is 0 Å². The zero-order chi connectivity index (χ0) is 21.3. The fourth-order valence-corrected chi connectivity index (χ4v) is 4.53. The fraction of sp³-hybridized carbons (Fsp3) is 0.391. The van der Waals surface area contributed by atoms with Gasteiger partial charge in [0.25, 0.3) is 0 Å². The van der Waals surface area contributed by atoms with Crippen molar-refractivity contribution in [2.45, 2.75) is 57.7 Å². The highest BCUT2D eigenvalue weighted by Gasteiger charge is 2.43. The Labute approximate surface area is 184 Å². The largest absolute Gasteiger partial charge is 0.455 e. The predicted molar refractivity (Wildman–Crippen MR) is 118 cm³/mol. The highest BCUT2D eigenvalue weighted by molar-refractivity contribution is 9.10. The maximum atomic E-state index is 13.1. The molecule has 2 atom stereocenters. The van der Waals surface area contributed by atoms with Gasteiger partial charge in [-0.25, -0.2) is 4.79 Å². The maximum absolute atomic E-state index is 13.1. The van der Waals surface area contributed by atoms with Gasteiger partial charge in [0.2, 0.25) is 5.91 Å². The number of hydrogen-bond donors (Lipinski definition) is 1. The zero-order valence-corrected chi connectivity index (χ0v) is 18.6. The molecule has 158 valence electrons. The Morgan fingerprint density at radius 2 is 2.00 bits per heavy atom. The van der Waals surface area contributed by atoms with Crippen molar-refractivity contribution in [2.24, 2.45) is 0 Å². The van der Waals surface area contributed by atoms with E-state index in [4.69, 9.17) is 9.47 Å². The van der Waals surface area contributed by atoms with Gasteiger partial charge in [0, 0.05) is 16.5 Å². The number of fused-ring (bicyclic) bond motifs is 5. The Balaban J connectivity index is 1.74. The minimum absolute atomic E-state index is 0.00561. The van der Waals surface area contributed by atoms with Crippen LogP contribution in [0.5, 0.6) is 11.5 Å². The number of anilines is 1. The molecular weight excluding hydrogens is 448 g/mol. The van der Waals surface area contributed by atoms with Crippen LogP contribution < -0.4 is 15.0 Å². The highest BCUT2D eigenvalue weighted by Crippen LogP contribution is 2.48. The van der Waals surface area contributed by atoms with Crippen LogP contribution in [0.15, 0.2) is 46.9 Å². The fourth-order valence-electron chi connectivity index (χ4n) is 4.18. The van der Waals surface area contributed by atoms with Gasteiger partial charge in [0.1, 0.15) is 11.9 Å². The van der Waals surface area contributed by atoms with Gasteiger partial charge in [-0.15, -0.1) is 0 Å². The lowest BCUT2D eigenvalue weighted by molar-refractivity contribution is -0.120. The van der Waals surface area contributed by atoms with E-state index in [0.29, 0.717) is 30.0 Å².